The van der Waals surface area contributed by atoms with Crippen LogP contribution in [0.1, 0.15) is 25.0 Å². The summed E-state index contributed by atoms with van der Waals surface area (Å²) < 4.78 is 5.87. The molecule has 0 aliphatic carbocycles. The molecule has 0 unspecified atom stereocenters. The molecule has 0 radical (unpaired) electrons. The van der Waals surface area contributed by atoms with Gasteiger partial charge in [0.15, 0.2) is 0 Å². The summed E-state index contributed by atoms with van der Waals surface area (Å²) in [4.78, 5) is 4.06. The van der Waals surface area contributed by atoms with E-state index in [1.54, 1.807) is 12.4 Å². The van der Waals surface area contributed by atoms with E-state index in [2.05, 4.69) is 42.3 Å². The van der Waals surface area contributed by atoms with E-state index in [0.29, 0.717) is 6.04 Å². The Balaban J connectivity index is 2.13. The van der Waals surface area contributed by atoms with Crippen molar-refractivity contribution in [3.8, 4) is 11.5 Å². The number of rotatable bonds is 5. The molecular formula is C16H20N2O. The average Bonchev–Trinajstić information content (AvgIpc) is 2.41. The molecule has 1 aromatic carbocycles. The van der Waals surface area contributed by atoms with Gasteiger partial charge in [0, 0.05) is 18.8 Å². The van der Waals surface area contributed by atoms with Crippen molar-refractivity contribution in [2.45, 2.75) is 33.4 Å². The molecule has 0 saturated carbocycles. The highest BCUT2D eigenvalue weighted by Gasteiger charge is 2.04. The normalized spacial score (nSPS) is 10.7. The van der Waals surface area contributed by atoms with Gasteiger partial charge < -0.3 is 10.1 Å². The van der Waals surface area contributed by atoms with Crippen LogP contribution in [0.4, 0.5) is 0 Å². The molecule has 0 aliphatic rings. The van der Waals surface area contributed by atoms with Gasteiger partial charge in [0.1, 0.15) is 11.5 Å². The minimum absolute atomic E-state index is 0.476. The van der Waals surface area contributed by atoms with Gasteiger partial charge in [-0.3, -0.25) is 4.98 Å². The van der Waals surface area contributed by atoms with Crippen molar-refractivity contribution < 1.29 is 4.74 Å². The maximum Gasteiger partial charge on any atom is 0.145 e. The molecule has 2 rings (SSSR count). The molecule has 0 amide bonds. The molecule has 0 atom stereocenters. The molecule has 0 fully saturated rings. The Morgan fingerprint density at radius 3 is 2.79 bits per heavy atom. The lowest BCUT2D eigenvalue weighted by Crippen LogP contribution is -2.21. The van der Waals surface area contributed by atoms with Gasteiger partial charge in [-0.25, -0.2) is 0 Å². The highest BCUT2D eigenvalue weighted by Crippen LogP contribution is 2.25. The zero-order valence-electron chi connectivity index (χ0n) is 11.7. The summed E-state index contributed by atoms with van der Waals surface area (Å²) in [7, 11) is 0. The smallest absolute Gasteiger partial charge is 0.145 e. The van der Waals surface area contributed by atoms with Crippen LogP contribution in [0.2, 0.25) is 0 Å². The number of aromatic nitrogens is 1. The van der Waals surface area contributed by atoms with Crippen molar-refractivity contribution in [3.05, 3.63) is 53.9 Å². The zero-order valence-corrected chi connectivity index (χ0v) is 11.7. The molecule has 3 heteroatoms. The summed E-state index contributed by atoms with van der Waals surface area (Å²) in [5.74, 6) is 1.65. The van der Waals surface area contributed by atoms with Crippen LogP contribution in [0.5, 0.6) is 11.5 Å². The topological polar surface area (TPSA) is 34.1 Å². The second kappa shape index (κ2) is 6.34. The van der Waals surface area contributed by atoms with Crippen LogP contribution < -0.4 is 10.1 Å². The van der Waals surface area contributed by atoms with Crippen LogP contribution in [-0.2, 0) is 6.54 Å². The average molecular weight is 256 g/mol. The van der Waals surface area contributed by atoms with Gasteiger partial charge >= 0.3 is 0 Å². The van der Waals surface area contributed by atoms with E-state index < -0.39 is 0 Å². The lowest BCUT2D eigenvalue weighted by molar-refractivity contribution is 0.475. The first-order valence-electron chi connectivity index (χ1n) is 6.56. The first-order chi connectivity index (χ1) is 9.15. The van der Waals surface area contributed by atoms with Gasteiger partial charge in [0.2, 0.25) is 0 Å². The lowest BCUT2D eigenvalue weighted by Gasteiger charge is -2.12. The molecule has 2 aromatic rings. The fourth-order valence-electron chi connectivity index (χ4n) is 1.72. The second-order valence-corrected chi connectivity index (χ2v) is 4.93. The largest absolute Gasteiger partial charge is 0.455 e. The Kier molecular flexibility index (Phi) is 4.53. The van der Waals surface area contributed by atoms with E-state index in [1.807, 2.05) is 19.1 Å². The fraction of sp³-hybridized carbons (Fsp3) is 0.312. The van der Waals surface area contributed by atoms with Crippen molar-refractivity contribution in [1.82, 2.24) is 10.3 Å². The lowest BCUT2D eigenvalue weighted by atomic mass is 10.1. The first-order valence-corrected chi connectivity index (χ1v) is 6.56. The number of hydrogen-bond donors (Lipinski definition) is 1. The molecule has 1 aromatic heterocycles. The second-order valence-electron chi connectivity index (χ2n) is 4.93. The van der Waals surface area contributed by atoms with E-state index in [-0.39, 0.29) is 0 Å². The Morgan fingerprint density at radius 1 is 1.26 bits per heavy atom. The highest BCUT2D eigenvalue weighted by atomic mass is 16.5. The number of nitrogens with one attached hydrogen (secondary N) is 1. The quantitative estimate of drug-likeness (QED) is 0.886. The Morgan fingerprint density at radius 2 is 2.11 bits per heavy atom. The number of nitrogens with zero attached hydrogens (tertiary/aromatic N) is 1. The van der Waals surface area contributed by atoms with E-state index in [1.165, 1.54) is 5.56 Å². The fourth-order valence-corrected chi connectivity index (χ4v) is 1.72. The van der Waals surface area contributed by atoms with Crippen LogP contribution >= 0.6 is 0 Å². The first kappa shape index (κ1) is 13.6. The minimum Gasteiger partial charge on any atom is -0.455 e. The summed E-state index contributed by atoms with van der Waals surface area (Å²) in [6, 6.07) is 10.5. The van der Waals surface area contributed by atoms with E-state index in [9.17, 15) is 0 Å². The van der Waals surface area contributed by atoms with Crippen LogP contribution in [0.25, 0.3) is 0 Å². The van der Waals surface area contributed by atoms with Gasteiger partial charge in [-0.2, -0.15) is 0 Å². The van der Waals surface area contributed by atoms with Gasteiger partial charge in [-0.15, -0.1) is 0 Å². The maximum absolute atomic E-state index is 5.87. The SMILES string of the molecule is Cc1ccc(CNC(C)C)cc1Oc1cccnc1. The van der Waals surface area contributed by atoms with E-state index in [4.69, 9.17) is 4.74 Å². The van der Waals surface area contributed by atoms with Crippen LogP contribution in [0, 0.1) is 6.92 Å². The molecule has 0 spiro atoms. The zero-order chi connectivity index (χ0) is 13.7. The van der Waals surface area contributed by atoms with Gasteiger partial charge in [-0.05, 0) is 36.2 Å². The Labute approximate surface area is 114 Å². The number of ether oxygens (including phenoxy) is 1. The molecule has 1 heterocycles. The number of benzene rings is 1. The molecule has 19 heavy (non-hydrogen) atoms. The highest BCUT2D eigenvalue weighted by molar-refractivity contribution is 5.39. The van der Waals surface area contributed by atoms with Crippen LogP contribution in [-0.4, -0.2) is 11.0 Å². The van der Waals surface area contributed by atoms with E-state index >= 15 is 0 Å². The molecule has 100 valence electrons. The predicted octanol–water partition coefficient (Wildman–Crippen LogP) is 3.68. The Bertz CT molecular complexity index is 524. The Hall–Kier alpha value is -1.87. The van der Waals surface area contributed by atoms with E-state index in [0.717, 1.165) is 23.6 Å². The molecule has 0 aliphatic heterocycles. The van der Waals surface area contributed by atoms with Gasteiger partial charge in [0.05, 0.1) is 6.20 Å². The monoisotopic (exact) mass is 256 g/mol. The van der Waals surface area contributed by atoms with Crippen LogP contribution in [0.3, 0.4) is 0 Å². The van der Waals surface area contributed by atoms with Gasteiger partial charge in [0.25, 0.3) is 0 Å². The molecule has 0 bridgehead atoms. The van der Waals surface area contributed by atoms with Crippen molar-refractivity contribution in [3.63, 3.8) is 0 Å². The number of hydrogen-bond acceptors (Lipinski definition) is 3. The minimum atomic E-state index is 0.476. The number of aryl methyl sites for hydroxylation is 1. The molecule has 3 nitrogen and oxygen atoms in total. The van der Waals surface area contributed by atoms with Crippen molar-refractivity contribution in [1.29, 1.82) is 0 Å². The standard InChI is InChI=1S/C16H20N2O/c1-12(2)18-10-14-7-6-13(3)16(9-14)19-15-5-4-8-17-11-15/h4-9,11-12,18H,10H2,1-3H3. The maximum atomic E-state index is 5.87. The number of pyridine rings is 1. The third kappa shape index (κ3) is 4.07. The summed E-state index contributed by atoms with van der Waals surface area (Å²) >= 11 is 0. The molecule has 0 saturated heterocycles. The van der Waals surface area contributed by atoms with Gasteiger partial charge in [-0.1, -0.05) is 26.0 Å². The van der Waals surface area contributed by atoms with Crippen molar-refractivity contribution >= 4 is 0 Å². The molecular weight excluding hydrogens is 236 g/mol. The third-order valence-corrected chi connectivity index (χ3v) is 2.83. The predicted molar refractivity (Wildman–Crippen MR) is 77.5 cm³/mol. The summed E-state index contributed by atoms with van der Waals surface area (Å²) in [6.45, 7) is 7.18. The summed E-state index contributed by atoms with van der Waals surface area (Å²) in [6.07, 6.45) is 3.46. The summed E-state index contributed by atoms with van der Waals surface area (Å²) in [5, 5.41) is 3.40. The van der Waals surface area contributed by atoms with Crippen molar-refractivity contribution in [2.24, 2.45) is 0 Å². The summed E-state index contributed by atoms with van der Waals surface area (Å²) in [5.41, 5.74) is 2.34. The van der Waals surface area contributed by atoms with Crippen molar-refractivity contribution in [2.75, 3.05) is 0 Å². The van der Waals surface area contributed by atoms with Crippen LogP contribution in [0.15, 0.2) is 42.7 Å². The molecule has 1 N–H and O–H groups in total. The third-order valence-electron chi connectivity index (χ3n) is 2.83.